The van der Waals surface area contributed by atoms with Crippen LogP contribution in [0.3, 0.4) is 0 Å². The first-order valence-corrected chi connectivity index (χ1v) is 35.7. The Hall–Kier alpha value is -6.54. The summed E-state index contributed by atoms with van der Waals surface area (Å²) in [5, 5.41) is 20.6. The van der Waals surface area contributed by atoms with Crippen LogP contribution in [0.25, 0.3) is 11.1 Å². The number of carbonyl (C=O) groups excluding carboxylic acids is 8. The Bertz CT molecular complexity index is 3160. The van der Waals surface area contributed by atoms with E-state index in [2.05, 4.69) is 13.2 Å². The zero-order chi connectivity index (χ0) is 66.7. The largest absolute Gasteiger partial charge is 0.465 e. The first-order chi connectivity index (χ1) is 45.1. The molecule has 20 nitrogen and oxygen atoms in total. The lowest BCUT2D eigenvalue weighted by Gasteiger charge is -2.31. The van der Waals surface area contributed by atoms with Gasteiger partial charge in [-0.15, -0.1) is 0 Å². The molecule has 2 heterocycles. The lowest BCUT2D eigenvalue weighted by atomic mass is 9.86. The van der Waals surface area contributed by atoms with Gasteiger partial charge in [-0.25, -0.2) is 19.2 Å². The number of thioether (sulfide) groups is 4. The van der Waals surface area contributed by atoms with Crippen LogP contribution in [0.2, 0.25) is 0 Å². The van der Waals surface area contributed by atoms with Crippen molar-refractivity contribution in [1.82, 2.24) is 0 Å². The van der Waals surface area contributed by atoms with Crippen LogP contribution in [-0.4, -0.2) is 112 Å². The first kappa shape index (κ1) is 73.9. The number of nitrogens with zero attached hydrogens (tertiary/aromatic N) is 2. The van der Waals surface area contributed by atoms with Crippen molar-refractivity contribution in [2.75, 3.05) is 46.2 Å². The Morgan fingerprint density at radius 2 is 0.882 bits per heavy atom. The molecule has 3 fully saturated rings. The van der Waals surface area contributed by atoms with Gasteiger partial charge >= 0.3 is 47.8 Å². The molecule has 2 aromatic carbocycles. The molecular weight excluding hydrogens is 1270 g/mol. The van der Waals surface area contributed by atoms with E-state index in [9.17, 15) is 48.9 Å². The van der Waals surface area contributed by atoms with E-state index in [-0.39, 0.29) is 84.6 Å². The second kappa shape index (κ2) is 38.7. The van der Waals surface area contributed by atoms with Crippen LogP contribution in [0.4, 0.5) is 0 Å². The van der Waals surface area contributed by atoms with E-state index in [1.54, 1.807) is 45.0 Å². The third-order valence-electron chi connectivity index (χ3n) is 16.6. The van der Waals surface area contributed by atoms with Crippen molar-refractivity contribution in [1.29, 1.82) is 10.5 Å². The minimum atomic E-state index is -0.824. The lowest BCUT2D eigenvalue weighted by molar-refractivity contribution is -0.159. The molecule has 3 aliphatic carbocycles. The summed E-state index contributed by atoms with van der Waals surface area (Å²) in [6.07, 6.45) is 17.7. The van der Waals surface area contributed by atoms with Gasteiger partial charge in [-0.1, -0.05) is 80.0 Å². The van der Waals surface area contributed by atoms with Gasteiger partial charge in [0, 0.05) is 35.2 Å². The summed E-state index contributed by atoms with van der Waals surface area (Å²) in [5.41, 5.74) is 0.696. The van der Waals surface area contributed by atoms with Crippen molar-refractivity contribution in [3.05, 3.63) is 69.2 Å². The summed E-state index contributed by atoms with van der Waals surface area (Å²) in [6.45, 7) is 14.0. The summed E-state index contributed by atoms with van der Waals surface area (Å²) in [6, 6.07) is 10.8. The Kier molecular flexibility index (Phi) is 30.8. The highest BCUT2D eigenvalue weighted by Crippen LogP contribution is 2.63. The number of unbranched alkanes of at least 4 members (excludes halogenated alkanes) is 6. The zero-order valence-corrected chi connectivity index (χ0v) is 56.6. The van der Waals surface area contributed by atoms with Gasteiger partial charge in [-0.2, -0.15) is 10.5 Å². The fourth-order valence-corrected chi connectivity index (χ4v) is 16.6. The molecule has 0 saturated heterocycles. The van der Waals surface area contributed by atoms with Crippen LogP contribution < -0.4 is 9.47 Å². The van der Waals surface area contributed by atoms with Crippen LogP contribution in [0.5, 0.6) is 11.5 Å². The summed E-state index contributed by atoms with van der Waals surface area (Å²) in [7, 11) is 0. The molecule has 0 N–H and O–H groups in total. The van der Waals surface area contributed by atoms with Gasteiger partial charge in [0.15, 0.2) is 11.1 Å². The van der Waals surface area contributed by atoms with Crippen molar-refractivity contribution < 1.29 is 85.7 Å². The minimum Gasteiger partial charge on any atom is -0.465 e. The van der Waals surface area contributed by atoms with E-state index in [1.807, 2.05) is 12.1 Å². The summed E-state index contributed by atoms with van der Waals surface area (Å²) >= 11 is 4.43. The van der Waals surface area contributed by atoms with Crippen molar-refractivity contribution in [3.63, 3.8) is 0 Å². The third kappa shape index (κ3) is 22.0. The molecule has 7 rings (SSSR count). The quantitative estimate of drug-likeness (QED) is 0.0157. The highest BCUT2D eigenvalue weighted by molar-refractivity contribution is 8.25. The number of nitriles is 2. The van der Waals surface area contributed by atoms with Crippen LogP contribution >= 0.6 is 47.0 Å². The lowest BCUT2D eigenvalue weighted by Crippen LogP contribution is -2.33. The second-order valence-corrected chi connectivity index (χ2v) is 27.8. The van der Waals surface area contributed by atoms with Gasteiger partial charge in [0.2, 0.25) is 0 Å². The molecule has 93 heavy (non-hydrogen) atoms. The van der Waals surface area contributed by atoms with Crippen LogP contribution in [0.1, 0.15) is 162 Å². The Morgan fingerprint density at radius 1 is 0.484 bits per heavy atom. The normalized spacial score (nSPS) is 21.2. The molecule has 5 aliphatic rings. The van der Waals surface area contributed by atoms with Crippen LogP contribution in [0.15, 0.2) is 88.8 Å². The second-order valence-electron chi connectivity index (χ2n) is 23.2. The fourth-order valence-electron chi connectivity index (χ4n) is 11.3. The molecule has 0 bridgehead atoms. The number of carbonyl (C=O) groups is 8. The maximum atomic E-state index is 14.1. The average Bonchev–Trinajstić information content (AvgIpc) is 1.63. The topological polar surface area (TPSA) is 276 Å². The maximum absolute atomic E-state index is 14.1. The highest BCUT2D eigenvalue weighted by Gasteiger charge is 2.38. The first-order valence-electron chi connectivity index (χ1n) is 32.4. The number of hydrogen-bond acceptors (Lipinski definition) is 24. The van der Waals surface area contributed by atoms with E-state index >= 15 is 0 Å². The van der Waals surface area contributed by atoms with Crippen molar-refractivity contribution in [3.8, 4) is 34.8 Å². The molecule has 0 spiro atoms. The average molecular weight is 1360 g/mol. The summed E-state index contributed by atoms with van der Waals surface area (Å²) in [4.78, 5) is 105. The van der Waals surface area contributed by atoms with E-state index in [0.717, 1.165) is 136 Å². The maximum Gasteiger partial charge on any atom is 0.350 e. The standard InChI is InChI=1S/C69H84N2O18S4/c1-6-56(72)84-38-16-12-10-14-36-82-47-26-20-44(21-27-47)63(75)86-40-18-19-43(5)62(74)88-54-34-32-50(58-60(54)92-68(90-58)52(41-70)66(78)80-8-3)51-33-35-55(61-59(51)91-69(93-61)53(42-71)67(79)81-9-4)89-65(77)46-24-30-49(31-25-46)87-64(76)45-22-28-48(29-23-45)83-37-15-11-13-17-39-85-57(73)7-2/h6-7,32-35,43-49H,1-2,8-31,36-40H2,3-5H3/b68-52+,69-53+. The number of ether oxygens (including phenoxy) is 10. The predicted octanol–water partition coefficient (Wildman–Crippen LogP) is 13.9. The molecule has 0 radical (unpaired) electrons. The molecule has 3 saturated carbocycles. The van der Waals surface area contributed by atoms with Crippen LogP contribution in [0, 0.1) is 46.3 Å². The smallest absolute Gasteiger partial charge is 0.350 e. The molecular formula is C69H84N2O18S4. The van der Waals surface area contributed by atoms with E-state index < -0.39 is 47.7 Å². The molecule has 502 valence electrons. The minimum absolute atomic E-state index is 0.0218. The van der Waals surface area contributed by atoms with Gasteiger partial charge in [-0.05, 0) is 178 Å². The predicted molar refractivity (Wildman–Crippen MR) is 349 cm³/mol. The SMILES string of the molecule is C=CC(=O)OCCCCCCOC1CCC(C(=O)OCCCC(C)C(=O)Oc2ccc(-c3ccc(OC(=O)C4CCC(OC(=O)C5CCC(OCCCCCCOC(=O)C=C)CC5)CC4)c4c3S/C(=C(/C#N)C(=O)OCC)S4)c3c2S/C(=C(\C#N)C(=O)OCC)S3)CC1. The van der Waals surface area contributed by atoms with E-state index in [0.29, 0.717) is 130 Å². The Labute approximate surface area is 561 Å². The number of rotatable bonds is 34. The zero-order valence-electron chi connectivity index (χ0n) is 53.3. The molecule has 2 aromatic rings. The van der Waals surface area contributed by atoms with Gasteiger partial charge in [-0.3, -0.25) is 19.2 Å². The van der Waals surface area contributed by atoms with Gasteiger partial charge < -0.3 is 47.4 Å². The molecule has 24 heteroatoms. The van der Waals surface area contributed by atoms with Gasteiger partial charge in [0.1, 0.15) is 29.7 Å². The van der Waals surface area contributed by atoms with E-state index in [1.165, 1.54) is 0 Å². The van der Waals surface area contributed by atoms with E-state index in [4.69, 9.17) is 47.4 Å². The number of hydrogen-bond donors (Lipinski definition) is 0. The number of esters is 8. The number of fused-ring (bicyclic) bond motifs is 2. The highest BCUT2D eigenvalue weighted by atomic mass is 32.2. The Balaban J connectivity index is 0.960. The molecule has 1 atom stereocenters. The van der Waals surface area contributed by atoms with Crippen molar-refractivity contribution in [2.45, 2.75) is 200 Å². The summed E-state index contributed by atoms with van der Waals surface area (Å²) in [5.74, 6) is -5.18. The third-order valence-corrected chi connectivity index (χ3v) is 21.9. The molecule has 0 aromatic heterocycles. The molecule has 1 unspecified atom stereocenters. The van der Waals surface area contributed by atoms with Crippen molar-refractivity contribution >= 4 is 94.8 Å². The Morgan fingerprint density at radius 3 is 1.32 bits per heavy atom. The fraction of sp³-hybridized carbons (Fsp3) is 0.565. The molecule has 0 amide bonds. The summed E-state index contributed by atoms with van der Waals surface area (Å²) < 4.78 is 57.4. The van der Waals surface area contributed by atoms with Gasteiger partial charge in [0.05, 0.1) is 87.2 Å². The van der Waals surface area contributed by atoms with Gasteiger partial charge in [0.25, 0.3) is 0 Å². The van der Waals surface area contributed by atoms with Crippen molar-refractivity contribution in [2.24, 2.45) is 23.7 Å². The molecule has 2 aliphatic heterocycles. The monoisotopic (exact) mass is 1360 g/mol. The number of benzene rings is 2. The van der Waals surface area contributed by atoms with Crippen LogP contribution in [-0.2, 0) is 76.3 Å².